The van der Waals surface area contributed by atoms with Crippen LogP contribution < -0.4 is 10.2 Å². The zero-order chi connectivity index (χ0) is 21.1. The summed E-state index contributed by atoms with van der Waals surface area (Å²) < 4.78 is 10.4. The Balaban J connectivity index is 1.49. The van der Waals surface area contributed by atoms with E-state index in [2.05, 4.69) is 20.4 Å². The third kappa shape index (κ3) is 4.00. The molecule has 1 atom stereocenters. The van der Waals surface area contributed by atoms with Crippen molar-refractivity contribution in [2.75, 3.05) is 18.1 Å². The van der Waals surface area contributed by atoms with Gasteiger partial charge in [-0.1, -0.05) is 19.0 Å². The van der Waals surface area contributed by atoms with Gasteiger partial charge in [0.05, 0.1) is 6.54 Å². The molecule has 2 amide bonds. The third-order valence-electron chi connectivity index (χ3n) is 4.80. The van der Waals surface area contributed by atoms with Crippen molar-refractivity contribution in [3.63, 3.8) is 0 Å². The van der Waals surface area contributed by atoms with Gasteiger partial charge in [0.2, 0.25) is 11.7 Å². The van der Waals surface area contributed by atoms with Crippen LogP contribution in [0.15, 0.2) is 53.3 Å². The summed E-state index contributed by atoms with van der Waals surface area (Å²) in [5.74, 6) is 0.530. The molecule has 1 unspecified atom stereocenters. The van der Waals surface area contributed by atoms with Crippen LogP contribution in [0.5, 0.6) is 0 Å². The molecule has 0 saturated carbocycles. The maximum atomic E-state index is 12.8. The van der Waals surface area contributed by atoms with Gasteiger partial charge in [-0.3, -0.25) is 14.7 Å². The number of amides is 2. The second-order valence-electron chi connectivity index (χ2n) is 7.20. The van der Waals surface area contributed by atoms with Crippen LogP contribution in [0, 0.1) is 5.92 Å². The van der Waals surface area contributed by atoms with Crippen LogP contribution in [-0.4, -0.2) is 40.3 Å². The summed E-state index contributed by atoms with van der Waals surface area (Å²) in [6, 6.07) is 9.91. The number of cyclic esters (lactones) is 1. The summed E-state index contributed by atoms with van der Waals surface area (Å²) in [6.45, 7) is 4.78. The van der Waals surface area contributed by atoms with E-state index in [-0.39, 0.29) is 17.9 Å². The van der Waals surface area contributed by atoms with E-state index >= 15 is 0 Å². The molecule has 30 heavy (non-hydrogen) atoms. The lowest BCUT2D eigenvalue weighted by Gasteiger charge is -2.19. The molecular weight excluding hydrogens is 386 g/mol. The quantitative estimate of drug-likeness (QED) is 0.668. The lowest BCUT2D eigenvalue weighted by atomic mass is 10.0. The van der Waals surface area contributed by atoms with Crippen LogP contribution >= 0.6 is 0 Å². The van der Waals surface area contributed by atoms with E-state index in [0.29, 0.717) is 36.1 Å². The molecule has 4 rings (SSSR count). The Hall–Kier alpha value is -3.75. The summed E-state index contributed by atoms with van der Waals surface area (Å²) >= 11 is 0. The number of hydrogen-bond donors (Lipinski definition) is 1. The molecule has 3 aromatic rings. The molecule has 0 radical (unpaired) electrons. The second kappa shape index (κ2) is 8.32. The fourth-order valence-electron chi connectivity index (χ4n) is 3.14. The van der Waals surface area contributed by atoms with Crippen molar-refractivity contribution < 1.29 is 18.8 Å². The Kier molecular flexibility index (Phi) is 5.42. The first-order valence-corrected chi connectivity index (χ1v) is 9.62. The minimum atomic E-state index is -0.450. The number of rotatable bonds is 6. The minimum absolute atomic E-state index is 0.0262. The molecule has 9 heteroatoms. The van der Waals surface area contributed by atoms with E-state index in [0.717, 1.165) is 5.56 Å². The van der Waals surface area contributed by atoms with E-state index in [1.807, 2.05) is 13.8 Å². The molecule has 1 aliphatic rings. The van der Waals surface area contributed by atoms with Gasteiger partial charge in [-0.25, -0.2) is 4.79 Å². The van der Waals surface area contributed by atoms with Gasteiger partial charge in [0.1, 0.15) is 12.6 Å². The molecule has 1 aromatic carbocycles. The molecular formula is C21H21N5O4. The fourth-order valence-corrected chi connectivity index (χ4v) is 3.14. The van der Waals surface area contributed by atoms with Gasteiger partial charge in [0, 0.05) is 29.2 Å². The van der Waals surface area contributed by atoms with Crippen molar-refractivity contribution in [3.05, 3.63) is 60.2 Å². The minimum Gasteiger partial charge on any atom is -0.447 e. The smallest absolute Gasteiger partial charge is 0.414 e. The van der Waals surface area contributed by atoms with Crippen molar-refractivity contribution in [3.8, 4) is 11.4 Å². The zero-order valence-corrected chi connectivity index (χ0v) is 16.6. The summed E-state index contributed by atoms with van der Waals surface area (Å²) in [6.07, 6.45) is 2.92. The number of aromatic nitrogens is 3. The molecule has 0 aliphatic carbocycles. The third-order valence-corrected chi connectivity index (χ3v) is 4.80. The SMILES string of the molecule is CC(C)C(NC(=O)c1ccc(N2CCOC2=O)cc1)c1nc(-c2ccncc2)no1. The highest BCUT2D eigenvalue weighted by atomic mass is 16.6. The van der Waals surface area contributed by atoms with Gasteiger partial charge < -0.3 is 14.6 Å². The largest absolute Gasteiger partial charge is 0.447 e. The Bertz CT molecular complexity index is 1030. The highest BCUT2D eigenvalue weighted by Crippen LogP contribution is 2.24. The summed E-state index contributed by atoms with van der Waals surface area (Å²) in [5, 5.41) is 6.98. The molecule has 0 bridgehead atoms. The van der Waals surface area contributed by atoms with Gasteiger partial charge >= 0.3 is 6.09 Å². The number of nitrogens with zero attached hydrogens (tertiary/aromatic N) is 4. The molecule has 154 valence electrons. The highest BCUT2D eigenvalue weighted by Gasteiger charge is 2.26. The van der Waals surface area contributed by atoms with Gasteiger partial charge in [-0.2, -0.15) is 4.98 Å². The maximum Gasteiger partial charge on any atom is 0.414 e. The highest BCUT2D eigenvalue weighted by molar-refractivity contribution is 5.95. The molecule has 1 aliphatic heterocycles. The van der Waals surface area contributed by atoms with Crippen LogP contribution in [0.4, 0.5) is 10.5 Å². The van der Waals surface area contributed by atoms with Crippen molar-refractivity contribution in [1.82, 2.24) is 20.4 Å². The molecule has 3 heterocycles. The lowest BCUT2D eigenvalue weighted by Crippen LogP contribution is -2.32. The number of hydrogen-bond acceptors (Lipinski definition) is 7. The van der Waals surface area contributed by atoms with Crippen LogP contribution in [0.3, 0.4) is 0 Å². The van der Waals surface area contributed by atoms with Crippen LogP contribution in [0.2, 0.25) is 0 Å². The Labute approximate surface area is 173 Å². The Morgan fingerprint density at radius 1 is 1.13 bits per heavy atom. The van der Waals surface area contributed by atoms with Gasteiger partial charge in [-0.15, -0.1) is 0 Å². The normalized spacial score (nSPS) is 14.6. The molecule has 1 fully saturated rings. The predicted molar refractivity (Wildman–Crippen MR) is 108 cm³/mol. The lowest BCUT2D eigenvalue weighted by molar-refractivity contribution is 0.0914. The number of carbonyl (C=O) groups is 2. The van der Waals surface area contributed by atoms with Gasteiger partial charge in [0.15, 0.2) is 0 Å². The number of nitrogens with one attached hydrogen (secondary N) is 1. The Morgan fingerprint density at radius 2 is 1.87 bits per heavy atom. The summed E-state index contributed by atoms with van der Waals surface area (Å²) in [4.78, 5) is 34.4. The predicted octanol–water partition coefficient (Wildman–Crippen LogP) is 3.22. The van der Waals surface area contributed by atoms with Gasteiger partial charge in [0.25, 0.3) is 5.91 Å². The summed E-state index contributed by atoms with van der Waals surface area (Å²) in [5.41, 5.74) is 1.93. The first kappa shape index (κ1) is 19.6. The number of carbonyl (C=O) groups excluding carboxylic acids is 2. The number of benzene rings is 1. The molecule has 1 N–H and O–H groups in total. The van der Waals surface area contributed by atoms with E-state index in [9.17, 15) is 9.59 Å². The molecule has 0 spiro atoms. The van der Waals surface area contributed by atoms with Crippen molar-refractivity contribution >= 4 is 17.7 Å². The van der Waals surface area contributed by atoms with Crippen LogP contribution in [0.25, 0.3) is 11.4 Å². The first-order valence-electron chi connectivity index (χ1n) is 9.62. The van der Waals surface area contributed by atoms with E-state index in [4.69, 9.17) is 9.26 Å². The van der Waals surface area contributed by atoms with Crippen LogP contribution in [-0.2, 0) is 4.74 Å². The number of pyridine rings is 1. The van der Waals surface area contributed by atoms with Crippen LogP contribution in [0.1, 0.15) is 36.1 Å². The Morgan fingerprint density at radius 3 is 2.50 bits per heavy atom. The fraction of sp³-hybridized carbons (Fsp3) is 0.286. The van der Waals surface area contributed by atoms with Crippen molar-refractivity contribution in [2.24, 2.45) is 5.92 Å². The van der Waals surface area contributed by atoms with Crippen molar-refractivity contribution in [1.29, 1.82) is 0 Å². The molecule has 9 nitrogen and oxygen atoms in total. The number of anilines is 1. The van der Waals surface area contributed by atoms with E-state index in [1.54, 1.807) is 48.8 Å². The molecule has 2 aromatic heterocycles. The average molecular weight is 407 g/mol. The maximum absolute atomic E-state index is 12.8. The average Bonchev–Trinajstić information content (AvgIpc) is 3.42. The standard InChI is InChI=1S/C21H21N5O4/c1-13(2)17(20-24-18(25-30-20)14-7-9-22-10-8-14)23-19(27)15-3-5-16(6-4-15)26-11-12-29-21(26)28/h3-10,13,17H,11-12H2,1-2H3,(H,23,27). The van der Waals surface area contributed by atoms with Crippen molar-refractivity contribution in [2.45, 2.75) is 19.9 Å². The monoisotopic (exact) mass is 407 g/mol. The topological polar surface area (TPSA) is 110 Å². The summed E-state index contributed by atoms with van der Waals surface area (Å²) in [7, 11) is 0. The van der Waals surface area contributed by atoms with Gasteiger partial charge in [-0.05, 0) is 42.3 Å². The van der Waals surface area contributed by atoms with E-state index in [1.165, 1.54) is 4.90 Å². The van der Waals surface area contributed by atoms with E-state index < -0.39 is 6.04 Å². The zero-order valence-electron chi connectivity index (χ0n) is 16.6. The number of ether oxygens (including phenoxy) is 1. The molecule has 1 saturated heterocycles. The second-order valence-corrected chi connectivity index (χ2v) is 7.20. The first-order chi connectivity index (χ1) is 14.5.